The SMILES string of the molecule is COC(=O)Cc1ccccc1OCc1cc(-c2cccc(CNC(=O)OC(C)(C)C)c2)cc(N2CC3CCC(C3)C2)c1. The number of para-hydroxylation sites is 1. The molecule has 1 heterocycles. The van der Waals surface area contributed by atoms with Gasteiger partial charge in [0.05, 0.1) is 13.5 Å². The van der Waals surface area contributed by atoms with Crippen molar-refractivity contribution in [3.05, 3.63) is 83.4 Å². The Morgan fingerprint density at radius 3 is 2.38 bits per heavy atom. The highest BCUT2D eigenvalue weighted by Crippen LogP contribution is 2.39. The van der Waals surface area contributed by atoms with E-state index < -0.39 is 11.7 Å². The standard InChI is InChI=1S/C35H42N2O5/c1-35(2,3)42-34(39)36-20-24-8-7-10-28(15-24)30-16-27(17-31(18-30)37-21-25-12-13-26(14-25)22-37)23-41-32-11-6-5-9-29(32)19-33(38)40-4/h5-11,15-18,25-26H,12-14,19-23H2,1-4H3,(H,36,39). The molecule has 2 bridgehead atoms. The molecule has 7 nitrogen and oxygen atoms in total. The van der Waals surface area contributed by atoms with Crippen molar-refractivity contribution in [3.8, 4) is 16.9 Å². The highest BCUT2D eigenvalue weighted by atomic mass is 16.6. The maximum Gasteiger partial charge on any atom is 0.407 e. The lowest BCUT2D eigenvalue weighted by atomic mass is 9.96. The minimum Gasteiger partial charge on any atom is -0.489 e. The molecular weight excluding hydrogens is 528 g/mol. The van der Waals surface area contributed by atoms with E-state index in [0.717, 1.165) is 52.7 Å². The number of esters is 1. The first kappa shape index (κ1) is 29.5. The van der Waals surface area contributed by atoms with E-state index in [-0.39, 0.29) is 12.4 Å². The number of rotatable bonds is 9. The van der Waals surface area contributed by atoms with Gasteiger partial charge in [0.2, 0.25) is 0 Å². The van der Waals surface area contributed by atoms with E-state index in [1.807, 2.05) is 57.2 Å². The number of anilines is 1. The van der Waals surface area contributed by atoms with Gasteiger partial charge in [0, 0.05) is 30.9 Å². The third kappa shape index (κ3) is 7.84. The highest BCUT2D eigenvalue weighted by molar-refractivity contribution is 5.73. The molecule has 1 N–H and O–H groups in total. The Morgan fingerprint density at radius 1 is 0.905 bits per heavy atom. The van der Waals surface area contributed by atoms with Gasteiger partial charge in [-0.15, -0.1) is 0 Å². The van der Waals surface area contributed by atoms with Crippen molar-refractivity contribution in [1.29, 1.82) is 0 Å². The lowest BCUT2D eigenvalue weighted by Crippen LogP contribution is -2.36. The molecule has 0 spiro atoms. The second-order valence-electron chi connectivity index (χ2n) is 12.5. The largest absolute Gasteiger partial charge is 0.489 e. The van der Waals surface area contributed by atoms with Crippen LogP contribution in [0.3, 0.4) is 0 Å². The molecule has 1 aliphatic carbocycles. The molecule has 1 saturated heterocycles. The second kappa shape index (κ2) is 12.9. The Kier molecular flexibility index (Phi) is 9.05. The first-order chi connectivity index (χ1) is 20.1. The van der Waals surface area contributed by atoms with Crippen LogP contribution in [0, 0.1) is 11.8 Å². The van der Waals surface area contributed by atoms with Crippen LogP contribution in [0.4, 0.5) is 10.5 Å². The number of ether oxygens (including phenoxy) is 3. The summed E-state index contributed by atoms with van der Waals surface area (Å²) < 4.78 is 16.6. The van der Waals surface area contributed by atoms with Crippen molar-refractivity contribution in [2.24, 2.45) is 11.8 Å². The zero-order valence-corrected chi connectivity index (χ0v) is 25.2. The Hall–Kier alpha value is -4.00. The number of methoxy groups -OCH3 is 1. The van der Waals surface area contributed by atoms with Crippen molar-refractivity contribution in [2.45, 2.75) is 65.2 Å². The summed E-state index contributed by atoms with van der Waals surface area (Å²) in [5, 5.41) is 2.86. The fourth-order valence-corrected chi connectivity index (χ4v) is 6.05. The normalized spacial score (nSPS) is 18.0. The van der Waals surface area contributed by atoms with Gasteiger partial charge in [-0.25, -0.2) is 4.79 Å². The summed E-state index contributed by atoms with van der Waals surface area (Å²) in [4.78, 5) is 26.7. The molecule has 0 radical (unpaired) electrons. The van der Waals surface area contributed by atoms with Gasteiger partial charge in [0.25, 0.3) is 0 Å². The number of nitrogens with one attached hydrogen (secondary N) is 1. The van der Waals surface area contributed by atoms with Crippen LogP contribution < -0.4 is 15.0 Å². The number of hydrogen-bond acceptors (Lipinski definition) is 6. The molecule has 0 aromatic heterocycles. The average Bonchev–Trinajstić information content (AvgIpc) is 3.31. The average molecular weight is 571 g/mol. The summed E-state index contributed by atoms with van der Waals surface area (Å²) in [5.41, 5.74) is 5.71. The number of nitrogens with zero attached hydrogens (tertiary/aromatic N) is 1. The van der Waals surface area contributed by atoms with Gasteiger partial charge in [-0.3, -0.25) is 4.79 Å². The van der Waals surface area contributed by atoms with E-state index in [9.17, 15) is 9.59 Å². The van der Waals surface area contributed by atoms with Crippen LogP contribution in [0.5, 0.6) is 5.75 Å². The molecule has 7 heteroatoms. The van der Waals surface area contributed by atoms with Crippen LogP contribution in [0.25, 0.3) is 11.1 Å². The zero-order valence-electron chi connectivity index (χ0n) is 25.2. The Labute approximate surface area is 249 Å². The van der Waals surface area contributed by atoms with Crippen LogP contribution in [-0.4, -0.2) is 37.9 Å². The first-order valence-electron chi connectivity index (χ1n) is 14.9. The maximum absolute atomic E-state index is 12.2. The Bertz CT molecular complexity index is 1400. The number of piperidine rings is 1. The third-order valence-electron chi connectivity index (χ3n) is 7.98. The van der Waals surface area contributed by atoms with Crippen molar-refractivity contribution in [3.63, 3.8) is 0 Å². The van der Waals surface area contributed by atoms with Crippen LogP contribution in [0.1, 0.15) is 56.7 Å². The lowest BCUT2D eigenvalue weighted by Gasteiger charge is -2.34. The molecule has 3 aromatic rings. The molecule has 222 valence electrons. The fraction of sp³-hybridized carbons (Fsp3) is 0.429. The van der Waals surface area contributed by atoms with E-state index in [0.29, 0.717) is 18.9 Å². The summed E-state index contributed by atoms with van der Waals surface area (Å²) in [6, 6.07) is 22.6. The van der Waals surface area contributed by atoms with Crippen LogP contribution in [-0.2, 0) is 33.8 Å². The minimum absolute atomic E-state index is 0.165. The molecule has 1 aliphatic heterocycles. The first-order valence-corrected chi connectivity index (χ1v) is 14.9. The maximum atomic E-state index is 12.2. The van der Waals surface area contributed by atoms with E-state index in [1.54, 1.807) is 0 Å². The molecule has 42 heavy (non-hydrogen) atoms. The molecule has 5 rings (SSSR count). The number of amides is 1. The van der Waals surface area contributed by atoms with Gasteiger partial charge in [-0.2, -0.15) is 0 Å². The van der Waals surface area contributed by atoms with Crippen molar-refractivity contribution in [2.75, 3.05) is 25.1 Å². The van der Waals surface area contributed by atoms with Gasteiger partial charge >= 0.3 is 12.1 Å². The van der Waals surface area contributed by atoms with E-state index >= 15 is 0 Å². The number of alkyl carbamates (subject to hydrolysis) is 1. The summed E-state index contributed by atoms with van der Waals surface area (Å²) in [6.07, 6.45) is 3.72. The molecule has 2 unspecified atom stereocenters. The third-order valence-corrected chi connectivity index (χ3v) is 7.98. The second-order valence-corrected chi connectivity index (χ2v) is 12.5. The summed E-state index contributed by atoms with van der Waals surface area (Å²) in [5.74, 6) is 1.91. The fourth-order valence-electron chi connectivity index (χ4n) is 6.05. The number of hydrogen-bond donors (Lipinski definition) is 1. The quantitative estimate of drug-likeness (QED) is 0.282. The molecule has 1 amide bonds. The molecule has 2 aliphatic rings. The predicted molar refractivity (Wildman–Crippen MR) is 164 cm³/mol. The highest BCUT2D eigenvalue weighted by Gasteiger charge is 2.33. The number of carbonyl (C=O) groups excluding carboxylic acids is 2. The van der Waals surface area contributed by atoms with Gasteiger partial charge in [0.1, 0.15) is 18.0 Å². The van der Waals surface area contributed by atoms with Crippen LogP contribution in [0.2, 0.25) is 0 Å². The van der Waals surface area contributed by atoms with Gasteiger partial charge in [0.15, 0.2) is 0 Å². The van der Waals surface area contributed by atoms with E-state index in [4.69, 9.17) is 14.2 Å². The van der Waals surface area contributed by atoms with E-state index in [1.165, 1.54) is 32.1 Å². The molecule has 2 fully saturated rings. The monoisotopic (exact) mass is 570 g/mol. The smallest absolute Gasteiger partial charge is 0.407 e. The Morgan fingerprint density at radius 2 is 1.64 bits per heavy atom. The zero-order chi connectivity index (χ0) is 29.7. The summed E-state index contributed by atoms with van der Waals surface area (Å²) in [6.45, 7) is 8.49. The molecule has 3 aromatic carbocycles. The predicted octanol–water partition coefficient (Wildman–Crippen LogP) is 6.91. The van der Waals surface area contributed by atoms with Gasteiger partial charge < -0.3 is 24.4 Å². The van der Waals surface area contributed by atoms with Crippen molar-refractivity contribution in [1.82, 2.24) is 5.32 Å². The lowest BCUT2D eigenvalue weighted by molar-refractivity contribution is -0.139. The minimum atomic E-state index is -0.543. The van der Waals surface area contributed by atoms with Crippen molar-refractivity contribution >= 4 is 17.7 Å². The number of carbonyl (C=O) groups is 2. The summed E-state index contributed by atoms with van der Waals surface area (Å²) >= 11 is 0. The van der Waals surface area contributed by atoms with Gasteiger partial charge in [-0.1, -0.05) is 36.4 Å². The van der Waals surface area contributed by atoms with Gasteiger partial charge in [-0.05, 0) is 104 Å². The van der Waals surface area contributed by atoms with Crippen LogP contribution in [0.15, 0.2) is 66.7 Å². The number of fused-ring (bicyclic) bond motifs is 2. The summed E-state index contributed by atoms with van der Waals surface area (Å²) in [7, 11) is 1.40. The number of benzene rings is 3. The molecule has 1 saturated carbocycles. The van der Waals surface area contributed by atoms with Crippen molar-refractivity contribution < 1.29 is 23.8 Å². The molecular formula is C35H42N2O5. The Balaban J connectivity index is 1.39. The van der Waals surface area contributed by atoms with Crippen LogP contribution >= 0.6 is 0 Å². The molecule has 2 atom stereocenters. The topological polar surface area (TPSA) is 77.1 Å². The van der Waals surface area contributed by atoms with E-state index in [2.05, 4.69) is 40.5 Å².